The van der Waals surface area contributed by atoms with E-state index in [1.54, 1.807) is 12.5 Å². The summed E-state index contributed by atoms with van der Waals surface area (Å²) in [5, 5.41) is 8.41. The predicted molar refractivity (Wildman–Crippen MR) is 88.3 cm³/mol. The summed E-state index contributed by atoms with van der Waals surface area (Å²) < 4.78 is 7.31. The maximum Gasteiger partial charge on any atom is 0.116 e. The molecule has 1 saturated heterocycles. The number of hydrogen-bond acceptors (Lipinski definition) is 4. The zero-order valence-corrected chi connectivity index (χ0v) is 12.9. The molecule has 1 fully saturated rings. The molecule has 0 radical (unpaired) electrons. The van der Waals surface area contributed by atoms with E-state index in [-0.39, 0.29) is 0 Å². The number of rotatable bonds is 1. The molecule has 6 heteroatoms. The average Bonchev–Trinajstić information content (AvgIpc) is 3.19. The van der Waals surface area contributed by atoms with Gasteiger partial charge >= 0.3 is 0 Å². The topological polar surface area (TPSA) is 59.0 Å². The lowest BCUT2D eigenvalue weighted by Gasteiger charge is -2.28. The van der Waals surface area contributed by atoms with Gasteiger partial charge in [-0.1, -0.05) is 0 Å². The molecule has 1 aliphatic rings. The number of aromatic amines is 1. The summed E-state index contributed by atoms with van der Waals surface area (Å²) in [6.07, 6.45) is 3.50. The molecule has 1 aliphatic heterocycles. The molecule has 0 saturated carbocycles. The maximum atomic E-state index is 5.42. The van der Waals surface area contributed by atoms with Crippen molar-refractivity contribution in [3.05, 3.63) is 42.1 Å². The summed E-state index contributed by atoms with van der Waals surface area (Å²) >= 11 is 0. The van der Waals surface area contributed by atoms with Crippen LogP contribution in [0.2, 0.25) is 0 Å². The highest BCUT2D eigenvalue weighted by molar-refractivity contribution is 5.87. The smallest absolute Gasteiger partial charge is 0.116 e. The summed E-state index contributed by atoms with van der Waals surface area (Å²) in [7, 11) is 1.93. The van der Waals surface area contributed by atoms with E-state index < -0.39 is 0 Å². The highest BCUT2D eigenvalue weighted by Crippen LogP contribution is 2.23. The minimum atomic E-state index is 0.774. The summed E-state index contributed by atoms with van der Waals surface area (Å²) in [6.45, 7) is 3.38. The molecule has 116 valence electrons. The van der Waals surface area contributed by atoms with E-state index in [4.69, 9.17) is 4.74 Å². The van der Waals surface area contributed by atoms with Crippen LogP contribution in [0.15, 0.2) is 30.7 Å². The van der Waals surface area contributed by atoms with Crippen LogP contribution in [0.1, 0.15) is 11.4 Å². The summed E-state index contributed by atoms with van der Waals surface area (Å²) in [5.74, 6) is 6.30. The Balaban J connectivity index is 1.70. The van der Waals surface area contributed by atoms with Gasteiger partial charge in [-0.3, -0.25) is 5.10 Å². The first-order valence-electron chi connectivity index (χ1n) is 7.60. The van der Waals surface area contributed by atoms with Gasteiger partial charge in [0.15, 0.2) is 0 Å². The van der Waals surface area contributed by atoms with Gasteiger partial charge in [0.1, 0.15) is 11.4 Å². The zero-order chi connectivity index (χ0) is 15.6. The molecule has 0 unspecified atom stereocenters. The number of H-pyrrole nitrogens is 1. The first kappa shape index (κ1) is 13.9. The molecule has 0 bridgehead atoms. The van der Waals surface area contributed by atoms with Gasteiger partial charge in [-0.15, -0.1) is 0 Å². The van der Waals surface area contributed by atoms with Crippen LogP contribution < -0.4 is 4.90 Å². The van der Waals surface area contributed by atoms with Crippen LogP contribution in [0.3, 0.4) is 0 Å². The van der Waals surface area contributed by atoms with E-state index >= 15 is 0 Å². The van der Waals surface area contributed by atoms with Crippen molar-refractivity contribution >= 4 is 16.6 Å². The number of imidazole rings is 1. The van der Waals surface area contributed by atoms with Crippen molar-refractivity contribution in [1.29, 1.82) is 0 Å². The van der Waals surface area contributed by atoms with Crippen LogP contribution in [0.4, 0.5) is 5.69 Å². The number of fused-ring (bicyclic) bond motifs is 1. The van der Waals surface area contributed by atoms with Gasteiger partial charge in [-0.05, 0) is 30.0 Å². The van der Waals surface area contributed by atoms with Gasteiger partial charge in [0.2, 0.25) is 0 Å². The second kappa shape index (κ2) is 5.78. The van der Waals surface area contributed by atoms with Gasteiger partial charge in [0, 0.05) is 31.2 Å². The number of anilines is 1. The van der Waals surface area contributed by atoms with Gasteiger partial charge in [-0.25, -0.2) is 4.98 Å². The fourth-order valence-electron chi connectivity index (χ4n) is 2.72. The van der Waals surface area contributed by atoms with Gasteiger partial charge in [-0.2, -0.15) is 5.10 Å². The van der Waals surface area contributed by atoms with Gasteiger partial charge in [0.05, 0.1) is 31.3 Å². The number of nitrogens with zero attached hydrogens (tertiary/aromatic N) is 4. The standard InChI is InChI=1S/C17H17N5O/c1-21-12-18-11-14(21)3-5-17-15-10-13(2-4-16(15)19-20-17)22-6-8-23-9-7-22/h2,4,10-12H,6-9H2,1H3,(H,19,20). The van der Waals surface area contributed by atoms with Crippen molar-refractivity contribution in [3.8, 4) is 11.8 Å². The van der Waals surface area contributed by atoms with E-state index in [0.29, 0.717) is 0 Å². The summed E-state index contributed by atoms with van der Waals surface area (Å²) in [4.78, 5) is 6.40. The molecule has 3 heterocycles. The molecule has 23 heavy (non-hydrogen) atoms. The van der Waals surface area contributed by atoms with Crippen LogP contribution in [-0.2, 0) is 11.8 Å². The van der Waals surface area contributed by atoms with Crippen LogP contribution in [0.5, 0.6) is 0 Å². The Morgan fingerprint density at radius 1 is 1.22 bits per heavy atom. The number of aryl methyl sites for hydroxylation is 1. The Morgan fingerprint density at radius 3 is 2.87 bits per heavy atom. The fraction of sp³-hybridized carbons (Fsp3) is 0.294. The molecule has 0 atom stereocenters. The van der Waals surface area contributed by atoms with Crippen LogP contribution >= 0.6 is 0 Å². The molecule has 1 aromatic carbocycles. The number of ether oxygens (including phenoxy) is 1. The highest BCUT2D eigenvalue weighted by Gasteiger charge is 2.13. The Hall–Kier alpha value is -2.78. The molecule has 1 N–H and O–H groups in total. The van der Waals surface area contributed by atoms with Crippen molar-refractivity contribution in [3.63, 3.8) is 0 Å². The molecule has 3 aromatic rings. The Labute approximate surface area is 134 Å². The largest absolute Gasteiger partial charge is 0.378 e. The lowest BCUT2D eigenvalue weighted by molar-refractivity contribution is 0.122. The molecular weight excluding hydrogens is 290 g/mol. The molecule has 4 rings (SSSR count). The molecule has 6 nitrogen and oxygen atoms in total. The SMILES string of the molecule is Cn1cncc1C#Cc1[nH]nc2ccc(N3CCOCC3)cc12. The Morgan fingerprint density at radius 2 is 2.09 bits per heavy atom. The molecular formula is C17H17N5O. The Kier molecular flexibility index (Phi) is 3.48. The maximum absolute atomic E-state index is 5.42. The summed E-state index contributed by atoms with van der Waals surface area (Å²) in [5.41, 5.74) is 3.82. The predicted octanol–water partition coefficient (Wildman–Crippen LogP) is 1.53. The molecule has 0 spiro atoms. The van der Waals surface area contributed by atoms with Gasteiger partial charge < -0.3 is 14.2 Å². The van der Waals surface area contributed by atoms with Crippen molar-refractivity contribution in [2.75, 3.05) is 31.2 Å². The van der Waals surface area contributed by atoms with Crippen LogP contribution in [0, 0.1) is 11.8 Å². The fourth-order valence-corrected chi connectivity index (χ4v) is 2.72. The number of benzene rings is 1. The number of nitrogens with one attached hydrogen (secondary N) is 1. The number of hydrogen-bond donors (Lipinski definition) is 1. The lowest BCUT2D eigenvalue weighted by Crippen LogP contribution is -2.36. The van der Waals surface area contributed by atoms with E-state index in [2.05, 4.69) is 44.1 Å². The quantitative estimate of drug-likeness (QED) is 0.693. The third-order valence-corrected chi connectivity index (χ3v) is 4.05. The van der Waals surface area contributed by atoms with Crippen LogP contribution in [0.25, 0.3) is 10.9 Å². The Bertz CT molecular complexity index is 892. The van der Waals surface area contributed by atoms with E-state index in [9.17, 15) is 0 Å². The van der Waals surface area contributed by atoms with Crippen molar-refractivity contribution in [2.24, 2.45) is 7.05 Å². The number of morpholine rings is 1. The van der Waals surface area contributed by atoms with Crippen molar-refractivity contribution in [2.45, 2.75) is 0 Å². The highest BCUT2D eigenvalue weighted by atomic mass is 16.5. The summed E-state index contributed by atoms with van der Waals surface area (Å²) in [6, 6.07) is 6.29. The van der Waals surface area contributed by atoms with Crippen molar-refractivity contribution < 1.29 is 4.74 Å². The second-order valence-corrected chi connectivity index (χ2v) is 5.54. The lowest BCUT2D eigenvalue weighted by atomic mass is 10.1. The monoisotopic (exact) mass is 307 g/mol. The van der Waals surface area contributed by atoms with E-state index in [0.717, 1.165) is 48.6 Å². The third kappa shape index (κ3) is 2.67. The normalized spacial score (nSPS) is 14.7. The molecule has 0 amide bonds. The first-order chi connectivity index (χ1) is 11.3. The zero-order valence-electron chi connectivity index (χ0n) is 12.9. The minimum Gasteiger partial charge on any atom is -0.378 e. The van der Waals surface area contributed by atoms with Gasteiger partial charge in [0.25, 0.3) is 0 Å². The van der Waals surface area contributed by atoms with Crippen LogP contribution in [-0.4, -0.2) is 46.1 Å². The molecule has 2 aromatic heterocycles. The average molecular weight is 307 g/mol. The number of aromatic nitrogens is 4. The van der Waals surface area contributed by atoms with E-state index in [1.807, 2.05) is 17.7 Å². The van der Waals surface area contributed by atoms with E-state index in [1.165, 1.54) is 5.69 Å². The minimum absolute atomic E-state index is 0.774. The third-order valence-electron chi connectivity index (χ3n) is 4.05. The van der Waals surface area contributed by atoms with Crippen molar-refractivity contribution in [1.82, 2.24) is 19.7 Å². The molecule has 0 aliphatic carbocycles. The second-order valence-electron chi connectivity index (χ2n) is 5.54. The first-order valence-corrected chi connectivity index (χ1v) is 7.60.